The number of halogens is 1. The van der Waals surface area contributed by atoms with E-state index in [1.165, 1.54) is 6.07 Å². The summed E-state index contributed by atoms with van der Waals surface area (Å²) < 4.78 is 29.4. The third-order valence-corrected chi connectivity index (χ3v) is 8.07. The highest BCUT2D eigenvalue weighted by Gasteiger charge is 2.33. The minimum atomic E-state index is -0.575. The van der Waals surface area contributed by atoms with Gasteiger partial charge >= 0.3 is 0 Å². The zero-order chi connectivity index (χ0) is 27.4. The van der Waals surface area contributed by atoms with Crippen molar-refractivity contribution in [2.24, 2.45) is 5.73 Å². The topological polar surface area (TPSA) is 102 Å². The Kier molecular flexibility index (Phi) is 6.18. The summed E-state index contributed by atoms with van der Waals surface area (Å²) in [6.07, 6.45) is 2.29. The van der Waals surface area contributed by atoms with Gasteiger partial charge in [0.15, 0.2) is 17.3 Å². The number of rotatable bonds is 5. The fraction of sp³-hybridized carbons (Fsp3) is 0.333. The predicted octanol–water partition coefficient (Wildman–Crippen LogP) is 2.99. The lowest BCUT2D eigenvalue weighted by atomic mass is 10.0. The first-order chi connectivity index (χ1) is 19.5. The lowest BCUT2D eigenvalue weighted by molar-refractivity contribution is 0.0383. The number of fused-ring (bicyclic) bond motifs is 3. The van der Waals surface area contributed by atoms with Gasteiger partial charge in [-0.05, 0) is 35.4 Å². The molecule has 7 rings (SSSR count). The largest absolute Gasteiger partial charge is 0.451 e. The number of anilines is 1. The molecule has 1 aromatic heterocycles. The second-order valence-electron chi connectivity index (χ2n) is 10.6. The summed E-state index contributed by atoms with van der Waals surface area (Å²) >= 11 is 0. The summed E-state index contributed by atoms with van der Waals surface area (Å²) in [5.74, 6) is -0.280. The van der Waals surface area contributed by atoms with Gasteiger partial charge in [0.1, 0.15) is 16.8 Å². The van der Waals surface area contributed by atoms with Gasteiger partial charge in [-0.1, -0.05) is 24.3 Å². The molecule has 0 spiro atoms. The van der Waals surface area contributed by atoms with Crippen molar-refractivity contribution in [3.63, 3.8) is 0 Å². The van der Waals surface area contributed by atoms with Crippen LogP contribution in [0.1, 0.15) is 16.8 Å². The normalized spacial score (nSPS) is 18.6. The maximum absolute atomic E-state index is 15.8. The first-order valence-corrected chi connectivity index (χ1v) is 13.7. The van der Waals surface area contributed by atoms with Gasteiger partial charge in [-0.3, -0.25) is 14.5 Å². The third-order valence-electron chi connectivity index (χ3n) is 8.07. The van der Waals surface area contributed by atoms with Crippen LogP contribution in [0.15, 0.2) is 53.5 Å². The molecule has 10 heteroatoms. The Balaban J connectivity index is 1.37. The zero-order valence-electron chi connectivity index (χ0n) is 22.0. The number of aromatic nitrogens is 1. The highest BCUT2D eigenvalue weighted by atomic mass is 19.1. The molecule has 1 atom stereocenters. The van der Waals surface area contributed by atoms with Crippen molar-refractivity contribution in [2.45, 2.75) is 12.5 Å². The molecule has 9 nitrogen and oxygen atoms in total. The molecule has 2 saturated heterocycles. The molecule has 0 unspecified atom stereocenters. The maximum Gasteiger partial charge on any atom is 0.256 e. The number of ether oxygens (including phenoxy) is 2. The second-order valence-corrected chi connectivity index (χ2v) is 10.6. The standard InChI is InChI=1S/C30H30FN5O4/c31-23-15-21-26-29(27(23)35-7-5-20(32)16-35)40-25-14-19-4-2-1-3-18(19)13-24(25)36(26)17-22(28(21)37)30(38)33-6-8-34-9-11-39-12-10-34/h1-4,13-15,17,20H,5-12,16,32H2,(H,33,38)/t20-/m1/s1. The SMILES string of the molecule is N[C@@H]1CCN(c2c(F)cc3c(=O)c(C(=O)NCCN4CCOCC4)cn4c3c2Oc2cc3ccccc3cc2-4)C1. The number of nitrogens with zero attached hydrogens (tertiary/aromatic N) is 3. The van der Waals surface area contributed by atoms with Crippen LogP contribution in [-0.2, 0) is 4.74 Å². The average Bonchev–Trinajstić information content (AvgIpc) is 3.39. The van der Waals surface area contributed by atoms with Crippen molar-refractivity contribution in [1.82, 2.24) is 14.8 Å². The molecule has 3 aliphatic rings. The number of nitrogens with two attached hydrogens (primary N) is 1. The van der Waals surface area contributed by atoms with Gasteiger partial charge in [0.05, 0.1) is 24.3 Å². The molecule has 0 saturated carbocycles. The van der Waals surface area contributed by atoms with Crippen LogP contribution in [0.5, 0.6) is 11.5 Å². The van der Waals surface area contributed by atoms with Gasteiger partial charge in [0.25, 0.3) is 5.91 Å². The highest BCUT2D eigenvalue weighted by molar-refractivity contribution is 6.02. The number of amides is 1. The molecule has 0 bridgehead atoms. The molecule has 1 amide bonds. The Morgan fingerprint density at radius 3 is 2.62 bits per heavy atom. The van der Waals surface area contributed by atoms with E-state index in [0.29, 0.717) is 56.3 Å². The van der Waals surface area contributed by atoms with Crippen LogP contribution in [0.3, 0.4) is 0 Å². The molecular formula is C30H30FN5O4. The third kappa shape index (κ3) is 4.19. The summed E-state index contributed by atoms with van der Waals surface area (Å²) in [6, 6.07) is 12.9. The van der Waals surface area contributed by atoms with Crippen molar-refractivity contribution >= 4 is 33.3 Å². The van der Waals surface area contributed by atoms with Crippen LogP contribution < -0.4 is 26.1 Å². The van der Waals surface area contributed by atoms with E-state index in [1.807, 2.05) is 41.3 Å². The van der Waals surface area contributed by atoms with Gasteiger partial charge in [-0.15, -0.1) is 0 Å². The first kappa shape index (κ1) is 25.0. The number of hydrogen-bond donors (Lipinski definition) is 2. The number of hydrogen-bond acceptors (Lipinski definition) is 7. The van der Waals surface area contributed by atoms with E-state index in [2.05, 4.69) is 10.2 Å². The molecule has 3 aromatic carbocycles. The van der Waals surface area contributed by atoms with Gasteiger partial charge < -0.3 is 30.0 Å². The van der Waals surface area contributed by atoms with E-state index in [1.54, 1.807) is 10.8 Å². The Bertz CT molecular complexity index is 1710. The number of carbonyl (C=O) groups is 1. The first-order valence-electron chi connectivity index (χ1n) is 13.7. The smallest absolute Gasteiger partial charge is 0.256 e. The van der Waals surface area contributed by atoms with E-state index < -0.39 is 17.2 Å². The van der Waals surface area contributed by atoms with E-state index in [9.17, 15) is 9.59 Å². The van der Waals surface area contributed by atoms with Crippen LogP contribution in [0.25, 0.3) is 27.4 Å². The second kappa shape index (κ2) is 9.88. The van der Waals surface area contributed by atoms with Crippen molar-refractivity contribution in [3.8, 4) is 17.2 Å². The lowest BCUT2D eigenvalue weighted by Gasteiger charge is -2.29. The molecule has 0 radical (unpaired) electrons. The van der Waals surface area contributed by atoms with Gasteiger partial charge in [0, 0.05) is 51.5 Å². The Hall–Kier alpha value is -3.99. The summed E-state index contributed by atoms with van der Waals surface area (Å²) in [6.45, 7) is 5.03. The van der Waals surface area contributed by atoms with Crippen LogP contribution >= 0.6 is 0 Å². The maximum atomic E-state index is 15.8. The van der Waals surface area contributed by atoms with E-state index in [-0.39, 0.29) is 28.4 Å². The lowest BCUT2D eigenvalue weighted by Crippen LogP contribution is -2.42. The van der Waals surface area contributed by atoms with Crippen molar-refractivity contribution < 1.29 is 18.7 Å². The Labute approximate surface area is 229 Å². The van der Waals surface area contributed by atoms with Crippen molar-refractivity contribution in [1.29, 1.82) is 0 Å². The molecule has 0 aliphatic carbocycles. The molecule has 3 N–H and O–H groups in total. The van der Waals surface area contributed by atoms with Gasteiger partial charge in [-0.2, -0.15) is 0 Å². The molecular weight excluding hydrogens is 513 g/mol. The van der Waals surface area contributed by atoms with E-state index in [0.717, 1.165) is 30.3 Å². The number of nitrogens with one attached hydrogen (secondary N) is 1. The Morgan fingerprint density at radius 1 is 1.10 bits per heavy atom. The predicted molar refractivity (Wildman–Crippen MR) is 151 cm³/mol. The number of pyridine rings is 1. The van der Waals surface area contributed by atoms with Crippen molar-refractivity contribution in [3.05, 3.63) is 70.3 Å². The monoisotopic (exact) mass is 543 g/mol. The molecule has 2 fully saturated rings. The summed E-state index contributed by atoms with van der Waals surface area (Å²) in [5.41, 5.74) is 6.97. The van der Waals surface area contributed by atoms with Crippen LogP contribution in [0.2, 0.25) is 0 Å². The van der Waals surface area contributed by atoms with E-state index >= 15 is 4.39 Å². The highest BCUT2D eigenvalue weighted by Crippen LogP contribution is 2.48. The van der Waals surface area contributed by atoms with E-state index in [4.69, 9.17) is 15.2 Å². The quantitative estimate of drug-likeness (QED) is 0.352. The van der Waals surface area contributed by atoms with Gasteiger partial charge in [0.2, 0.25) is 5.43 Å². The van der Waals surface area contributed by atoms with Crippen LogP contribution in [0.4, 0.5) is 10.1 Å². The summed E-state index contributed by atoms with van der Waals surface area (Å²) in [7, 11) is 0. The molecule has 40 heavy (non-hydrogen) atoms. The number of benzene rings is 3. The summed E-state index contributed by atoms with van der Waals surface area (Å²) in [5, 5.41) is 4.92. The molecule has 3 aliphatic heterocycles. The molecule has 4 heterocycles. The number of carbonyl (C=O) groups excluding carboxylic acids is 1. The number of morpholine rings is 1. The zero-order valence-corrected chi connectivity index (χ0v) is 22.0. The van der Waals surface area contributed by atoms with Crippen LogP contribution in [0, 0.1) is 5.82 Å². The minimum absolute atomic E-state index is 0.0446. The minimum Gasteiger partial charge on any atom is -0.451 e. The Morgan fingerprint density at radius 2 is 1.88 bits per heavy atom. The van der Waals surface area contributed by atoms with Gasteiger partial charge in [-0.25, -0.2) is 4.39 Å². The summed E-state index contributed by atoms with van der Waals surface area (Å²) in [4.78, 5) is 31.1. The van der Waals surface area contributed by atoms with Crippen molar-refractivity contribution in [2.75, 3.05) is 57.4 Å². The fourth-order valence-corrected chi connectivity index (χ4v) is 5.98. The average molecular weight is 544 g/mol. The molecule has 4 aromatic rings. The van der Waals surface area contributed by atoms with Crippen LogP contribution in [-0.4, -0.2) is 73.9 Å². The molecule has 206 valence electrons. The fourth-order valence-electron chi connectivity index (χ4n) is 5.98.